The first-order valence-corrected chi connectivity index (χ1v) is 11.5. The van der Waals surface area contributed by atoms with E-state index >= 15 is 0 Å². The molecule has 0 bridgehead atoms. The van der Waals surface area contributed by atoms with Crippen molar-refractivity contribution in [2.45, 2.75) is 57.3 Å². The van der Waals surface area contributed by atoms with Crippen LogP contribution < -0.4 is 10.1 Å². The minimum absolute atomic E-state index is 0.00194. The van der Waals surface area contributed by atoms with Crippen molar-refractivity contribution in [3.63, 3.8) is 0 Å². The van der Waals surface area contributed by atoms with E-state index in [9.17, 15) is 14.4 Å². The van der Waals surface area contributed by atoms with Crippen molar-refractivity contribution in [1.82, 2.24) is 24.7 Å². The number of nitrogens with one attached hydrogen (secondary N) is 1. The van der Waals surface area contributed by atoms with Crippen LogP contribution in [-0.4, -0.2) is 68.9 Å². The molecule has 174 valence electrons. The monoisotopic (exact) mass is 451 g/mol. The van der Waals surface area contributed by atoms with Crippen LogP contribution in [0.4, 0.5) is 0 Å². The minimum Gasteiger partial charge on any atom is -0.496 e. The molecule has 1 saturated carbocycles. The van der Waals surface area contributed by atoms with E-state index in [-0.39, 0.29) is 36.0 Å². The molecule has 5 rings (SSSR count). The number of likely N-dealkylation sites (tertiary alicyclic amines) is 1. The number of amides is 3. The molecule has 2 aliphatic heterocycles. The maximum Gasteiger partial charge on any atom is 0.274 e. The SMILES string of the molecule is COc1ccccc1CNC(=O)C1(C)Cn2cnc(C(=O)N3CCCC3)c2C(=O)N1C1CC1. The van der Waals surface area contributed by atoms with Gasteiger partial charge < -0.3 is 24.4 Å². The molecule has 0 spiro atoms. The Hall–Kier alpha value is -3.36. The van der Waals surface area contributed by atoms with E-state index in [1.54, 1.807) is 28.4 Å². The molecule has 0 radical (unpaired) electrons. The fourth-order valence-corrected chi connectivity index (χ4v) is 5.00. The Kier molecular flexibility index (Phi) is 5.34. The highest BCUT2D eigenvalue weighted by Gasteiger charge is 2.53. The summed E-state index contributed by atoms with van der Waals surface area (Å²) in [7, 11) is 1.60. The number of methoxy groups -OCH3 is 1. The molecule has 1 aliphatic carbocycles. The summed E-state index contributed by atoms with van der Waals surface area (Å²) in [5.74, 6) is -0.0302. The van der Waals surface area contributed by atoms with Crippen LogP contribution in [0.2, 0.25) is 0 Å². The summed E-state index contributed by atoms with van der Waals surface area (Å²) < 4.78 is 7.06. The molecule has 9 heteroatoms. The predicted molar refractivity (Wildman–Crippen MR) is 120 cm³/mol. The number of carbonyl (C=O) groups excluding carboxylic acids is 3. The molecule has 9 nitrogen and oxygen atoms in total. The summed E-state index contributed by atoms with van der Waals surface area (Å²) in [6.45, 7) is 3.72. The number of carbonyl (C=O) groups is 3. The zero-order chi connectivity index (χ0) is 23.2. The highest BCUT2D eigenvalue weighted by Crippen LogP contribution is 2.39. The third kappa shape index (κ3) is 3.65. The predicted octanol–water partition coefficient (Wildman–Crippen LogP) is 1.82. The molecule has 1 saturated heterocycles. The molecule has 2 aromatic rings. The number of nitrogens with zero attached hydrogens (tertiary/aromatic N) is 4. The van der Waals surface area contributed by atoms with Gasteiger partial charge in [-0.25, -0.2) is 4.98 Å². The van der Waals surface area contributed by atoms with Gasteiger partial charge in [-0.05, 0) is 38.7 Å². The summed E-state index contributed by atoms with van der Waals surface area (Å²) >= 11 is 0. The quantitative estimate of drug-likeness (QED) is 0.723. The Balaban J connectivity index is 1.42. The molecule has 3 aliphatic rings. The van der Waals surface area contributed by atoms with Gasteiger partial charge in [0.25, 0.3) is 11.8 Å². The largest absolute Gasteiger partial charge is 0.496 e. The van der Waals surface area contributed by atoms with E-state index in [2.05, 4.69) is 10.3 Å². The van der Waals surface area contributed by atoms with Crippen LogP contribution in [0.3, 0.4) is 0 Å². The Morgan fingerprint density at radius 3 is 2.64 bits per heavy atom. The van der Waals surface area contributed by atoms with Crippen molar-refractivity contribution in [2.24, 2.45) is 0 Å². The van der Waals surface area contributed by atoms with Crippen molar-refractivity contribution in [1.29, 1.82) is 0 Å². The summed E-state index contributed by atoms with van der Waals surface area (Å²) in [6, 6.07) is 7.51. The minimum atomic E-state index is -1.08. The molecule has 1 N–H and O–H groups in total. The Labute approximate surface area is 192 Å². The lowest BCUT2D eigenvalue weighted by molar-refractivity contribution is -0.133. The molecule has 1 aromatic carbocycles. The van der Waals surface area contributed by atoms with Gasteiger partial charge in [-0.3, -0.25) is 14.4 Å². The summed E-state index contributed by atoms with van der Waals surface area (Å²) in [4.78, 5) is 48.0. The molecular weight excluding hydrogens is 422 g/mol. The van der Waals surface area contributed by atoms with Gasteiger partial charge in [0.2, 0.25) is 5.91 Å². The number of fused-ring (bicyclic) bond motifs is 1. The van der Waals surface area contributed by atoms with Crippen LogP contribution in [0.5, 0.6) is 5.75 Å². The fourth-order valence-electron chi connectivity index (χ4n) is 5.00. The first-order valence-electron chi connectivity index (χ1n) is 11.5. The number of ether oxygens (including phenoxy) is 1. The molecule has 1 atom stereocenters. The van der Waals surface area contributed by atoms with Crippen LogP contribution >= 0.6 is 0 Å². The van der Waals surface area contributed by atoms with Crippen LogP contribution in [0.1, 0.15) is 59.1 Å². The van der Waals surface area contributed by atoms with E-state index in [1.165, 1.54) is 6.33 Å². The van der Waals surface area contributed by atoms with Gasteiger partial charge in [0.15, 0.2) is 5.69 Å². The maximum absolute atomic E-state index is 13.7. The smallest absolute Gasteiger partial charge is 0.274 e. The van der Waals surface area contributed by atoms with Crippen molar-refractivity contribution in [3.05, 3.63) is 47.5 Å². The van der Waals surface area contributed by atoms with Gasteiger partial charge in [-0.15, -0.1) is 0 Å². The van der Waals surface area contributed by atoms with Crippen molar-refractivity contribution >= 4 is 17.7 Å². The third-order valence-electron chi connectivity index (χ3n) is 6.90. The fraction of sp³-hybridized carbons (Fsp3) is 0.500. The van der Waals surface area contributed by atoms with E-state index < -0.39 is 5.54 Å². The van der Waals surface area contributed by atoms with Crippen LogP contribution in [0.25, 0.3) is 0 Å². The lowest BCUT2D eigenvalue weighted by Gasteiger charge is -2.44. The van der Waals surface area contributed by atoms with Crippen molar-refractivity contribution in [3.8, 4) is 5.75 Å². The highest BCUT2D eigenvalue weighted by atomic mass is 16.5. The van der Waals surface area contributed by atoms with Crippen molar-refractivity contribution < 1.29 is 19.1 Å². The first-order chi connectivity index (χ1) is 15.9. The van der Waals surface area contributed by atoms with Gasteiger partial charge in [-0.1, -0.05) is 18.2 Å². The number of imidazole rings is 1. The van der Waals surface area contributed by atoms with E-state index in [4.69, 9.17) is 4.74 Å². The molecule has 33 heavy (non-hydrogen) atoms. The second kappa shape index (κ2) is 8.20. The Morgan fingerprint density at radius 2 is 1.94 bits per heavy atom. The molecule has 1 unspecified atom stereocenters. The van der Waals surface area contributed by atoms with Gasteiger partial charge >= 0.3 is 0 Å². The normalized spacial score (nSPS) is 22.3. The maximum atomic E-state index is 13.7. The number of hydrogen-bond acceptors (Lipinski definition) is 5. The zero-order valence-corrected chi connectivity index (χ0v) is 19.0. The number of para-hydroxylation sites is 1. The lowest BCUT2D eigenvalue weighted by atomic mass is 9.93. The second-order valence-electron chi connectivity index (χ2n) is 9.24. The van der Waals surface area contributed by atoms with E-state index in [0.29, 0.717) is 31.1 Å². The average Bonchev–Trinajstić information content (AvgIpc) is 3.32. The molecular formula is C24H29N5O4. The summed E-state index contributed by atoms with van der Waals surface area (Å²) in [5.41, 5.74) is 0.277. The van der Waals surface area contributed by atoms with Gasteiger partial charge in [-0.2, -0.15) is 0 Å². The van der Waals surface area contributed by atoms with E-state index in [0.717, 1.165) is 31.2 Å². The van der Waals surface area contributed by atoms with Crippen LogP contribution in [0, 0.1) is 0 Å². The third-order valence-corrected chi connectivity index (χ3v) is 6.90. The number of aromatic nitrogens is 2. The van der Waals surface area contributed by atoms with Crippen LogP contribution in [-0.2, 0) is 17.9 Å². The number of rotatable bonds is 6. The molecule has 2 fully saturated rings. The topological polar surface area (TPSA) is 96.8 Å². The second-order valence-corrected chi connectivity index (χ2v) is 9.24. The average molecular weight is 452 g/mol. The zero-order valence-electron chi connectivity index (χ0n) is 19.0. The summed E-state index contributed by atoms with van der Waals surface area (Å²) in [6.07, 6.45) is 5.16. The van der Waals surface area contributed by atoms with Crippen LogP contribution in [0.15, 0.2) is 30.6 Å². The van der Waals surface area contributed by atoms with Gasteiger partial charge in [0.1, 0.15) is 17.0 Å². The molecule has 1 aromatic heterocycles. The molecule has 3 heterocycles. The number of hydrogen-bond donors (Lipinski definition) is 1. The van der Waals surface area contributed by atoms with Gasteiger partial charge in [0.05, 0.1) is 20.0 Å². The van der Waals surface area contributed by atoms with Crippen molar-refractivity contribution in [2.75, 3.05) is 20.2 Å². The highest BCUT2D eigenvalue weighted by molar-refractivity contribution is 6.07. The summed E-state index contributed by atoms with van der Waals surface area (Å²) in [5, 5.41) is 3.00. The van der Waals surface area contributed by atoms with E-state index in [1.807, 2.05) is 24.3 Å². The lowest BCUT2D eigenvalue weighted by Crippen LogP contribution is -2.64. The first kappa shape index (κ1) is 21.5. The Bertz CT molecular complexity index is 1100. The Morgan fingerprint density at radius 1 is 1.21 bits per heavy atom. The standard InChI is InChI=1S/C24H29N5O4/c1-24(23(32)25-13-16-7-3-4-8-18(16)33-2)14-28-15-26-19(21(30)27-11-5-6-12-27)20(28)22(31)29(24)17-9-10-17/h3-4,7-8,15,17H,5-6,9-14H2,1-2H3,(H,25,32). The van der Waals surface area contributed by atoms with Gasteiger partial charge in [0, 0.05) is 31.2 Å². The number of benzene rings is 1. The molecule has 3 amide bonds.